The van der Waals surface area contributed by atoms with Gasteiger partial charge in [-0.1, -0.05) is 20.8 Å². The molecule has 3 rings (SSSR count). The van der Waals surface area contributed by atoms with Gasteiger partial charge < -0.3 is 44.3 Å². The average Bonchev–Trinajstić information content (AvgIpc) is 3.33. The van der Waals surface area contributed by atoms with Gasteiger partial charge in [0, 0.05) is 44.5 Å². The van der Waals surface area contributed by atoms with Crippen LogP contribution in [-0.4, -0.2) is 122 Å². The number of aliphatic hydroxyl groups excluding tert-OH is 1. The second-order valence-electron chi connectivity index (χ2n) is 14.2. The average molecular weight is 656 g/mol. The first-order valence-electron chi connectivity index (χ1n) is 16.5. The van der Waals surface area contributed by atoms with E-state index < -0.39 is 71.5 Å². The van der Waals surface area contributed by atoms with Crippen LogP contribution in [0.5, 0.6) is 0 Å². The van der Waals surface area contributed by atoms with E-state index >= 15 is 0 Å². The highest BCUT2D eigenvalue weighted by Gasteiger charge is 2.55. The summed E-state index contributed by atoms with van der Waals surface area (Å²) in [6.45, 7) is 13.2. The number of carbonyl (C=O) groups excluding carboxylic acids is 4. The number of hydrogen-bond donors (Lipinski definition) is 3. The molecule has 3 heterocycles. The van der Waals surface area contributed by atoms with Gasteiger partial charge in [-0.2, -0.15) is 0 Å². The summed E-state index contributed by atoms with van der Waals surface area (Å²) < 4.78 is 30.5. The molecule has 3 N–H and O–H groups in total. The van der Waals surface area contributed by atoms with Gasteiger partial charge >= 0.3 is 11.9 Å². The van der Waals surface area contributed by atoms with Crippen molar-refractivity contribution in [2.45, 2.75) is 128 Å². The Morgan fingerprint density at radius 1 is 1.15 bits per heavy atom. The van der Waals surface area contributed by atoms with E-state index in [0.717, 1.165) is 0 Å². The van der Waals surface area contributed by atoms with Crippen molar-refractivity contribution in [3.05, 3.63) is 0 Å². The maximum absolute atomic E-state index is 14.1. The maximum atomic E-state index is 14.1. The molecule has 0 bridgehead atoms. The fourth-order valence-electron chi connectivity index (χ4n) is 7.57. The zero-order valence-corrected chi connectivity index (χ0v) is 29.5. The van der Waals surface area contributed by atoms with Crippen LogP contribution in [0, 0.1) is 23.7 Å². The first-order valence-corrected chi connectivity index (χ1v) is 16.5. The van der Waals surface area contributed by atoms with E-state index in [1.165, 1.54) is 21.1 Å². The Hall–Kier alpha value is -2.16. The van der Waals surface area contributed by atoms with E-state index in [4.69, 9.17) is 23.7 Å². The molecule has 3 fully saturated rings. The van der Waals surface area contributed by atoms with Crippen molar-refractivity contribution in [2.24, 2.45) is 23.7 Å². The molecular weight excluding hydrogens is 598 g/mol. The first-order chi connectivity index (χ1) is 21.4. The molecule has 1 amide bonds. The van der Waals surface area contributed by atoms with Gasteiger partial charge in [0.1, 0.15) is 24.2 Å². The Balaban J connectivity index is 2.04. The van der Waals surface area contributed by atoms with Crippen molar-refractivity contribution in [1.29, 1.82) is 0 Å². The zero-order valence-electron chi connectivity index (χ0n) is 29.5. The van der Waals surface area contributed by atoms with E-state index in [0.29, 0.717) is 19.4 Å². The SMILES string of the molecule is CC[C@H]1OC(=O)C(C)C(=O)[C@H](C)[C@@H](OC2OC(C(=O)NC)CC(N(C)C)C2O)[C@](C)(OC)C[C@@H](C)CN[C@H](C)[C@H]2CC(=O)O[C@@]21C. The molecule has 13 heteroatoms. The number of ether oxygens (including phenoxy) is 5. The van der Waals surface area contributed by atoms with Gasteiger partial charge in [-0.25, -0.2) is 0 Å². The van der Waals surface area contributed by atoms with Crippen LogP contribution in [0.4, 0.5) is 0 Å². The van der Waals surface area contributed by atoms with E-state index in [-0.39, 0.29) is 42.6 Å². The lowest BCUT2D eigenvalue weighted by Crippen LogP contribution is -2.61. The lowest BCUT2D eigenvalue weighted by Gasteiger charge is -2.46. The number of nitrogens with zero attached hydrogens (tertiary/aromatic N) is 1. The summed E-state index contributed by atoms with van der Waals surface area (Å²) in [5.74, 6) is -4.24. The fraction of sp³-hybridized carbons (Fsp3) is 0.879. The smallest absolute Gasteiger partial charge is 0.316 e. The number of nitrogens with one attached hydrogen (secondary N) is 2. The second kappa shape index (κ2) is 15.4. The molecule has 5 unspecified atom stereocenters. The Morgan fingerprint density at radius 2 is 1.80 bits per heavy atom. The first kappa shape index (κ1) is 38.3. The molecule has 0 radical (unpaired) electrons. The number of aliphatic hydroxyl groups is 1. The summed E-state index contributed by atoms with van der Waals surface area (Å²) >= 11 is 0. The minimum absolute atomic E-state index is 0.00201. The highest BCUT2D eigenvalue weighted by atomic mass is 16.7. The minimum Gasteiger partial charge on any atom is -0.458 e. The van der Waals surface area contributed by atoms with Crippen LogP contribution >= 0.6 is 0 Å². The van der Waals surface area contributed by atoms with E-state index in [1.54, 1.807) is 27.9 Å². The van der Waals surface area contributed by atoms with E-state index in [1.807, 2.05) is 32.6 Å². The van der Waals surface area contributed by atoms with E-state index in [9.17, 15) is 24.3 Å². The molecule has 0 aromatic carbocycles. The summed E-state index contributed by atoms with van der Waals surface area (Å²) in [5, 5.41) is 17.6. The third-order valence-electron chi connectivity index (χ3n) is 10.5. The highest BCUT2D eigenvalue weighted by Crippen LogP contribution is 2.41. The summed E-state index contributed by atoms with van der Waals surface area (Å²) in [6.07, 6.45) is -3.83. The summed E-state index contributed by atoms with van der Waals surface area (Å²) in [7, 11) is 6.65. The Bertz CT molecular complexity index is 1110. The summed E-state index contributed by atoms with van der Waals surface area (Å²) in [5.41, 5.74) is -2.16. The van der Waals surface area contributed by atoms with Crippen molar-refractivity contribution in [3.8, 4) is 0 Å². The largest absolute Gasteiger partial charge is 0.458 e. The minimum atomic E-state index is -1.27. The number of hydrogen-bond acceptors (Lipinski definition) is 12. The number of likely N-dealkylation sites (N-methyl/N-ethyl adjacent to an activating group) is 2. The normalized spacial score (nSPS) is 43.2. The number of carbonyl (C=O) groups is 4. The number of ketones is 1. The Morgan fingerprint density at radius 3 is 2.37 bits per heavy atom. The molecule has 0 saturated carbocycles. The van der Waals surface area contributed by atoms with Gasteiger partial charge in [-0.05, 0) is 67.1 Å². The monoisotopic (exact) mass is 655 g/mol. The van der Waals surface area contributed by atoms with Gasteiger partial charge in [-0.15, -0.1) is 0 Å². The van der Waals surface area contributed by atoms with Gasteiger partial charge in [0.25, 0.3) is 0 Å². The predicted molar refractivity (Wildman–Crippen MR) is 168 cm³/mol. The molecule has 0 aromatic rings. The van der Waals surface area contributed by atoms with Crippen molar-refractivity contribution in [2.75, 3.05) is 34.8 Å². The molecule has 13 atom stereocenters. The van der Waals surface area contributed by atoms with Gasteiger partial charge in [0.05, 0.1) is 18.1 Å². The van der Waals surface area contributed by atoms with Crippen LogP contribution in [0.25, 0.3) is 0 Å². The van der Waals surface area contributed by atoms with Crippen LogP contribution in [0.1, 0.15) is 74.1 Å². The lowest BCUT2D eigenvalue weighted by atomic mass is 9.78. The second-order valence-corrected chi connectivity index (χ2v) is 14.2. The highest BCUT2D eigenvalue weighted by molar-refractivity contribution is 6.00. The van der Waals surface area contributed by atoms with Crippen LogP contribution in [0.15, 0.2) is 0 Å². The fourth-order valence-corrected chi connectivity index (χ4v) is 7.57. The number of cyclic esters (lactones) is 1. The van der Waals surface area contributed by atoms with Crippen molar-refractivity contribution >= 4 is 23.6 Å². The molecule has 3 aliphatic heterocycles. The molecule has 3 aliphatic rings. The van der Waals surface area contributed by atoms with Crippen LogP contribution in [0.2, 0.25) is 0 Å². The topological polar surface area (TPSA) is 162 Å². The van der Waals surface area contributed by atoms with E-state index in [2.05, 4.69) is 10.6 Å². The van der Waals surface area contributed by atoms with Crippen LogP contribution < -0.4 is 10.6 Å². The standard InChI is InChI=1S/C33H57N3O10/c1-12-24-33(7)21(13-25(37)46-33)20(5)35-16-17(2)15-32(6,42-11)28(18(3)26(38)19(4)30(41)44-24)45-31-27(39)22(36(9)10)14-23(43-31)29(40)34-8/h17-24,27-28,31,35,39H,12-16H2,1-11H3,(H,34,40)/t17-,18+,19?,20-,21-,22?,23?,24-,27?,28-,31?,32-,33+/m1/s1. The summed E-state index contributed by atoms with van der Waals surface area (Å²) in [4.78, 5) is 54.7. The zero-order chi connectivity index (χ0) is 34.7. The third-order valence-corrected chi connectivity index (χ3v) is 10.5. The number of Topliss-reactive ketones (excluding diaryl/α,β-unsaturated/α-hetero) is 1. The molecule has 264 valence electrons. The lowest BCUT2D eigenvalue weighted by molar-refractivity contribution is -0.293. The summed E-state index contributed by atoms with van der Waals surface area (Å²) in [6, 6.07) is -0.631. The van der Waals surface area contributed by atoms with Gasteiger partial charge in [0.15, 0.2) is 17.7 Å². The number of amides is 1. The molecule has 13 nitrogen and oxygen atoms in total. The van der Waals surface area contributed by atoms with Crippen LogP contribution in [0.3, 0.4) is 0 Å². The number of rotatable bonds is 6. The Labute approximate surface area is 273 Å². The Kier molecular flexibility index (Phi) is 12.8. The third kappa shape index (κ3) is 7.92. The van der Waals surface area contributed by atoms with Crippen molar-refractivity contribution in [1.82, 2.24) is 15.5 Å². The molecule has 0 aliphatic carbocycles. The number of fused-ring (bicyclic) bond motifs is 1. The number of methoxy groups -OCH3 is 1. The molecule has 46 heavy (non-hydrogen) atoms. The molecule has 3 saturated heterocycles. The quantitative estimate of drug-likeness (QED) is 0.279. The van der Waals surface area contributed by atoms with Crippen molar-refractivity contribution < 1.29 is 48.0 Å². The van der Waals surface area contributed by atoms with Gasteiger partial charge in [-0.3, -0.25) is 19.2 Å². The molecule has 0 aromatic heterocycles. The van der Waals surface area contributed by atoms with Crippen molar-refractivity contribution in [3.63, 3.8) is 0 Å². The molecule has 0 spiro atoms. The van der Waals surface area contributed by atoms with Crippen LogP contribution in [-0.2, 0) is 42.9 Å². The van der Waals surface area contributed by atoms with Gasteiger partial charge in [0.2, 0.25) is 5.91 Å². The number of esters is 2. The predicted octanol–water partition coefficient (Wildman–Crippen LogP) is 1.43. The maximum Gasteiger partial charge on any atom is 0.316 e. The molecular formula is C33H57N3O10.